The van der Waals surface area contributed by atoms with E-state index < -0.39 is 5.97 Å². The zero-order valence-electron chi connectivity index (χ0n) is 13.6. The Morgan fingerprint density at radius 2 is 1.84 bits per heavy atom. The van der Waals surface area contributed by atoms with Crippen LogP contribution in [0.3, 0.4) is 0 Å². The van der Waals surface area contributed by atoms with Crippen LogP contribution in [0.4, 0.5) is 5.69 Å². The van der Waals surface area contributed by atoms with Crippen molar-refractivity contribution in [2.75, 3.05) is 12.4 Å². The lowest BCUT2D eigenvalue weighted by Crippen LogP contribution is -2.12. The number of carbonyl (C=O) groups excluding carboxylic acids is 2. The van der Waals surface area contributed by atoms with E-state index in [-0.39, 0.29) is 5.91 Å². The van der Waals surface area contributed by atoms with Crippen LogP contribution in [-0.4, -0.2) is 24.0 Å². The van der Waals surface area contributed by atoms with Crippen LogP contribution in [0, 0.1) is 0 Å². The quantitative estimate of drug-likeness (QED) is 0.584. The Bertz CT molecular complexity index is 959. The van der Waals surface area contributed by atoms with Gasteiger partial charge in [0.05, 0.1) is 23.9 Å². The molecule has 0 bridgehead atoms. The molecule has 1 N–H and O–H groups in total. The third-order valence-corrected chi connectivity index (χ3v) is 3.67. The van der Waals surface area contributed by atoms with Crippen molar-refractivity contribution >= 4 is 34.5 Å². The molecule has 5 nitrogen and oxygen atoms in total. The van der Waals surface area contributed by atoms with E-state index in [1.54, 1.807) is 36.5 Å². The lowest BCUT2D eigenvalue weighted by Gasteiger charge is -2.07. The summed E-state index contributed by atoms with van der Waals surface area (Å²) in [6.07, 6.45) is 4.83. The molecule has 1 aromatic heterocycles. The zero-order valence-corrected chi connectivity index (χ0v) is 13.6. The van der Waals surface area contributed by atoms with E-state index in [0.717, 1.165) is 16.5 Å². The summed E-state index contributed by atoms with van der Waals surface area (Å²) in [4.78, 5) is 28.3. The van der Waals surface area contributed by atoms with Gasteiger partial charge in [-0.15, -0.1) is 0 Å². The SMILES string of the molecule is COC(=O)c1ccccc1NC(=O)C=Cc1cccc2cccnc12. The number of methoxy groups -OCH3 is 1. The molecular formula is C20H16N2O3. The maximum absolute atomic E-state index is 12.2. The van der Waals surface area contributed by atoms with Crippen LogP contribution in [0.1, 0.15) is 15.9 Å². The van der Waals surface area contributed by atoms with E-state index in [0.29, 0.717) is 11.3 Å². The van der Waals surface area contributed by atoms with Crippen LogP contribution in [-0.2, 0) is 9.53 Å². The second-order valence-electron chi connectivity index (χ2n) is 5.28. The maximum Gasteiger partial charge on any atom is 0.339 e. The third-order valence-electron chi connectivity index (χ3n) is 3.67. The van der Waals surface area contributed by atoms with Gasteiger partial charge in [-0.2, -0.15) is 0 Å². The summed E-state index contributed by atoms with van der Waals surface area (Å²) in [5, 5.41) is 3.70. The minimum absolute atomic E-state index is 0.304. The summed E-state index contributed by atoms with van der Waals surface area (Å²) in [6.45, 7) is 0. The highest BCUT2D eigenvalue weighted by molar-refractivity contribution is 6.07. The van der Waals surface area contributed by atoms with Gasteiger partial charge in [-0.3, -0.25) is 9.78 Å². The van der Waals surface area contributed by atoms with Gasteiger partial charge < -0.3 is 10.1 Å². The number of hydrogen-bond acceptors (Lipinski definition) is 4. The third kappa shape index (κ3) is 3.72. The van der Waals surface area contributed by atoms with Crippen LogP contribution in [0.5, 0.6) is 0 Å². The Balaban J connectivity index is 1.81. The number of nitrogens with one attached hydrogen (secondary N) is 1. The number of fused-ring (bicyclic) bond motifs is 1. The number of aromatic nitrogens is 1. The highest BCUT2D eigenvalue weighted by Gasteiger charge is 2.12. The Morgan fingerprint density at radius 3 is 2.68 bits per heavy atom. The normalized spacial score (nSPS) is 10.8. The number of rotatable bonds is 4. The van der Waals surface area contributed by atoms with Gasteiger partial charge in [-0.1, -0.05) is 36.4 Å². The molecule has 0 aliphatic rings. The number of anilines is 1. The van der Waals surface area contributed by atoms with E-state index in [1.807, 2.05) is 30.3 Å². The van der Waals surface area contributed by atoms with Gasteiger partial charge >= 0.3 is 5.97 Å². The highest BCUT2D eigenvalue weighted by atomic mass is 16.5. The molecule has 0 radical (unpaired) electrons. The molecule has 0 aliphatic carbocycles. The van der Waals surface area contributed by atoms with E-state index in [2.05, 4.69) is 10.3 Å². The van der Waals surface area contributed by atoms with Crippen molar-refractivity contribution in [1.29, 1.82) is 0 Å². The molecule has 0 aliphatic heterocycles. The van der Waals surface area contributed by atoms with Crippen molar-refractivity contribution < 1.29 is 14.3 Å². The van der Waals surface area contributed by atoms with Crippen molar-refractivity contribution in [3.05, 3.63) is 78.0 Å². The van der Waals surface area contributed by atoms with Crippen LogP contribution in [0.2, 0.25) is 0 Å². The average molecular weight is 332 g/mol. The minimum Gasteiger partial charge on any atom is -0.465 e. The van der Waals surface area contributed by atoms with Crippen LogP contribution in [0.25, 0.3) is 17.0 Å². The Hall–Kier alpha value is -3.47. The first-order chi connectivity index (χ1) is 12.2. The molecule has 5 heteroatoms. The van der Waals surface area contributed by atoms with Crippen molar-refractivity contribution in [3.63, 3.8) is 0 Å². The van der Waals surface area contributed by atoms with Gasteiger partial charge in [0, 0.05) is 23.2 Å². The zero-order chi connectivity index (χ0) is 17.6. The first-order valence-corrected chi connectivity index (χ1v) is 7.69. The Morgan fingerprint density at radius 1 is 1.04 bits per heavy atom. The summed E-state index contributed by atoms with van der Waals surface area (Å²) in [6, 6.07) is 16.3. The standard InChI is InChI=1S/C20H16N2O3/c1-25-20(24)16-9-2-3-10-17(16)22-18(23)12-11-15-7-4-6-14-8-5-13-21-19(14)15/h2-13H,1H3,(H,22,23). The second-order valence-corrected chi connectivity index (χ2v) is 5.28. The molecule has 0 atom stereocenters. The monoisotopic (exact) mass is 332 g/mol. The predicted octanol–water partition coefficient (Wildman–Crippen LogP) is 3.67. The molecule has 25 heavy (non-hydrogen) atoms. The average Bonchev–Trinajstić information content (AvgIpc) is 2.66. The Kier molecular flexibility index (Phi) is 4.85. The lowest BCUT2D eigenvalue weighted by molar-refractivity contribution is -0.111. The fourth-order valence-corrected chi connectivity index (χ4v) is 2.48. The first-order valence-electron chi connectivity index (χ1n) is 7.69. The smallest absolute Gasteiger partial charge is 0.339 e. The van der Waals surface area contributed by atoms with Gasteiger partial charge in [0.1, 0.15) is 0 Å². The molecule has 0 unspecified atom stereocenters. The number of benzene rings is 2. The summed E-state index contributed by atoms with van der Waals surface area (Å²) < 4.78 is 4.72. The molecule has 0 fully saturated rings. The molecule has 0 spiro atoms. The molecule has 124 valence electrons. The second kappa shape index (κ2) is 7.40. The summed E-state index contributed by atoms with van der Waals surface area (Å²) in [7, 11) is 1.30. The molecule has 0 saturated heterocycles. The summed E-state index contributed by atoms with van der Waals surface area (Å²) >= 11 is 0. The van der Waals surface area contributed by atoms with E-state index in [4.69, 9.17) is 4.74 Å². The van der Waals surface area contributed by atoms with Crippen molar-refractivity contribution in [2.45, 2.75) is 0 Å². The number of carbonyl (C=O) groups is 2. The van der Waals surface area contributed by atoms with Gasteiger partial charge in [0.15, 0.2) is 0 Å². The largest absolute Gasteiger partial charge is 0.465 e. The van der Waals surface area contributed by atoms with Crippen LogP contribution < -0.4 is 5.32 Å². The summed E-state index contributed by atoms with van der Waals surface area (Å²) in [5.41, 5.74) is 2.37. The van der Waals surface area contributed by atoms with Crippen molar-refractivity contribution in [1.82, 2.24) is 4.98 Å². The molecule has 1 heterocycles. The molecular weight excluding hydrogens is 316 g/mol. The van der Waals surface area contributed by atoms with Crippen LogP contribution in [0.15, 0.2) is 66.9 Å². The summed E-state index contributed by atoms with van der Waals surface area (Å²) in [5.74, 6) is -0.845. The fraction of sp³-hybridized carbons (Fsp3) is 0.0500. The van der Waals surface area contributed by atoms with Crippen molar-refractivity contribution in [3.8, 4) is 0 Å². The number of hydrogen-bond donors (Lipinski definition) is 1. The van der Waals surface area contributed by atoms with Gasteiger partial charge in [0.2, 0.25) is 5.91 Å². The fourth-order valence-electron chi connectivity index (χ4n) is 2.48. The molecule has 3 aromatic rings. The van der Waals surface area contributed by atoms with E-state index in [9.17, 15) is 9.59 Å². The van der Waals surface area contributed by atoms with Crippen LogP contribution >= 0.6 is 0 Å². The minimum atomic E-state index is -0.502. The number of nitrogens with zero attached hydrogens (tertiary/aromatic N) is 1. The molecule has 3 rings (SSSR count). The number of para-hydroxylation sites is 2. The molecule has 0 saturated carbocycles. The lowest BCUT2D eigenvalue weighted by atomic mass is 10.1. The molecule has 2 aromatic carbocycles. The maximum atomic E-state index is 12.2. The van der Waals surface area contributed by atoms with Gasteiger partial charge in [-0.25, -0.2) is 4.79 Å². The highest BCUT2D eigenvalue weighted by Crippen LogP contribution is 2.18. The number of ether oxygens (including phenoxy) is 1. The van der Waals surface area contributed by atoms with E-state index in [1.165, 1.54) is 13.2 Å². The van der Waals surface area contributed by atoms with Crippen molar-refractivity contribution in [2.24, 2.45) is 0 Å². The van der Waals surface area contributed by atoms with E-state index >= 15 is 0 Å². The van der Waals surface area contributed by atoms with Gasteiger partial charge in [0.25, 0.3) is 0 Å². The topological polar surface area (TPSA) is 68.3 Å². The van der Waals surface area contributed by atoms with Gasteiger partial charge in [-0.05, 0) is 24.3 Å². The predicted molar refractivity (Wildman–Crippen MR) is 97.2 cm³/mol. The first kappa shape index (κ1) is 16.4. The number of amides is 1. The molecule has 1 amide bonds. The number of esters is 1. The Labute approximate surface area is 145 Å². The number of pyridine rings is 1.